The maximum absolute atomic E-state index is 11.5. The van der Waals surface area contributed by atoms with Crippen LogP contribution >= 0.6 is 21.6 Å². The standard InChI is InChI=1S/C14H12O2S2/c15-11-2-1-10(7-11)8-13-14(5-6-17-18-13)4-3-12(16)9-14/h1-6,8,13H,7,9H2. The summed E-state index contributed by atoms with van der Waals surface area (Å²) in [6, 6.07) is 0. The van der Waals surface area contributed by atoms with E-state index in [2.05, 4.69) is 17.6 Å². The Hall–Kier alpha value is -1.00. The molecule has 0 aromatic rings. The number of hydrogen-bond acceptors (Lipinski definition) is 4. The highest BCUT2D eigenvalue weighted by Crippen LogP contribution is 2.51. The minimum Gasteiger partial charge on any atom is -0.295 e. The lowest BCUT2D eigenvalue weighted by Gasteiger charge is -2.33. The van der Waals surface area contributed by atoms with Crippen LogP contribution in [0.15, 0.2) is 47.4 Å². The monoisotopic (exact) mass is 276 g/mol. The van der Waals surface area contributed by atoms with Crippen molar-refractivity contribution in [2.75, 3.05) is 0 Å². The molecule has 0 amide bonds. The van der Waals surface area contributed by atoms with Gasteiger partial charge in [0.25, 0.3) is 0 Å². The zero-order valence-corrected chi connectivity index (χ0v) is 11.3. The Bertz CT molecular complexity index is 528. The van der Waals surface area contributed by atoms with E-state index >= 15 is 0 Å². The Kier molecular flexibility index (Phi) is 3.08. The predicted octanol–water partition coefficient (Wildman–Crippen LogP) is 3.23. The van der Waals surface area contributed by atoms with E-state index < -0.39 is 0 Å². The first-order chi connectivity index (χ1) is 8.68. The van der Waals surface area contributed by atoms with E-state index in [-0.39, 0.29) is 22.2 Å². The Morgan fingerprint density at radius 3 is 2.72 bits per heavy atom. The Balaban J connectivity index is 1.89. The SMILES string of the molecule is O=C1C=CC(=CC2SSC=CC23C=CC(=O)C3)C1. The maximum Gasteiger partial charge on any atom is 0.160 e. The van der Waals surface area contributed by atoms with Crippen LogP contribution in [-0.4, -0.2) is 16.8 Å². The van der Waals surface area contributed by atoms with Crippen LogP contribution in [0.1, 0.15) is 12.8 Å². The zero-order valence-electron chi connectivity index (χ0n) is 9.67. The molecule has 2 unspecified atom stereocenters. The average Bonchev–Trinajstić information content (AvgIpc) is 2.90. The van der Waals surface area contributed by atoms with E-state index in [1.54, 1.807) is 33.7 Å². The topological polar surface area (TPSA) is 34.1 Å². The van der Waals surface area contributed by atoms with E-state index in [4.69, 9.17) is 0 Å². The smallest absolute Gasteiger partial charge is 0.160 e. The van der Waals surface area contributed by atoms with Gasteiger partial charge in [-0.3, -0.25) is 9.59 Å². The third-order valence-corrected chi connectivity index (χ3v) is 5.84. The van der Waals surface area contributed by atoms with Gasteiger partial charge in [0.1, 0.15) is 0 Å². The summed E-state index contributed by atoms with van der Waals surface area (Å²) < 4.78 is 0. The van der Waals surface area contributed by atoms with Gasteiger partial charge in [-0.1, -0.05) is 45.9 Å². The normalized spacial score (nSPS) is 36.4. The van der Waals surface area contributed by atoms with Crippen molar-refractivity contribution in [3.05, 3.63) is 47.4 Å². The van der Waals surface area contributed by atoms with Crippen molar-refractivity contribution in [3.63, 3.8) is 0 Å². The van der Waals surface area contributed by atoms with Gasteiger partial charge in [0, 0.05) is 23.5 Å². The van der Waals surface area contributed by atoms with Crippen molar-refractivity contribution >= 4 is 33.2 Å². The minimum absolute atomic E-state index is 0.164. The number of rotatable bonds is 1. The summed E-state index contributed by atoms with van der Waals surface area (Å²) in [7, 11) is 3.44. The van der Waals surface area contributed by atoms with Gasteiger partial charge < -0.3 is 0 Å². The molecule has 0 saturated heterocycles. The van der Waals surface area contributed by atoms with Gasteiger partial charge in [0.05, 0.1) is 0 Å². The highest BCUT2D eigenvalue weighted by molar-refractivity contribution is 8.78. The molecule has 1 heterocycles. The molecule has 2 nitrogen and oxygen atoms in total. The van der Waals surface area contributed by atoms with E-state index in [0.717, 1.165) is 5.57 Å². The Labute approximate surface area is 114 Å². The van der Waals surface area contributed by atoms with Crippen LogP contribution < -0.4 is 0 Å². The van der Waals surface area contributed by atoms with Crippen molar-refractivity contribution in [1.82, 2.24) is 0 Å². The fraction of sp³-hybridized carbons (Fsp3) is 0.286. The molecule has 3 aliphatic rings. The second kappa shape index (κ2) is 4.59. The van der Waals surface area contributed by atoms with Gasteiger partial charge in [-0.15, -0.1) is 0 Å². The number of carbonyl (C=O) groups excluding carboxylic acids is 2. The molecule has 1 aliphatic heterocycles. The fourth-order valence-electron chi connectivity index (χ4n) is 2.42. The average molecular weight is 276 g/mol. The van der Waals surface area contributed by atoms with E-state index in [9.17, 15) is 9.59 Å². The number of hydrogen-bond donors (Lipinski definition) is 0. The molecule has 0 fully saturated rings. The van der Waals surface area contributed by atoms with Crippen molar-refractivity contribution in [2.45, 2.75) is 18.1 Å². The lowest BCUT2D eigenvalue weighted by atomic mass is 9.82. The van der Waals surface area contributed by atoms with Crippen LogP contribution in [0.4, 0.5) is 0 Å². The molecule has 92 valence electrons. The molecular formula is C14H12O2S2. The lowest BCUT2D eigenvalue weighted by Crippen LogP contribution is -2.28. The van der Waals surface area contributed by atoms with Gasteiger partial charge in [0.15, 0.2) is 11.6 Å². The summed E-state index contributed by atoms with van der Waals surface area (Å²) in [5.41, 5.74) is 0.889. The molecule has 0 aromatic heterocycles. The lowest BCUT2D eigenvalue weighted by molar-refractivity contribution is -0.115. The molecule has 2 atom stereocenters. The molecule has 0 radical (unpaired) electrons. The summed E-state index contributed by atoms with van der Waals surface area (Å²) in [5, 5.41) is 2.28. The fourth-order valence-corrected chi connectivity index (χ4v) is 4.98. The van der Waals surface area contributed by atoms with Crippen LogP contribution in [0.3, 0.4) is 0 Å². The van der Waals surface area contributed by atoms with Crippen LogP contribution in [0.5, 0.6) is 0 Å². The summed E-state index contributed by atoms with van der Waals surface area (Å²) in [5.74, 6) is 0.353. The zero-order chi connectivity index (χ0) is 12.6. The first kappa shape index (κ1) is 12.1. The Morgan fingerprint density at radius 1 is 1.17 bits per heavy atom. The van der Waals surface area contributed by atoms with E-state index in [1.165, 1.54) is 0 Å². The summed E-state index contributed by atoms with van der Waals surface area (Å²) in [4.78, 5) is 22.8. The molecule has 4 heteroatoms. The molecule has 0 aromatic carbocycles. The van der Waals surface area contributed by atoms with E-state index in [1.807, 2.05) is 12.2 Å². The van der Waals surface area contributed by atoms with Crippen molar-refractivity contribution in [3.8, 4) is 0 Å². The molecule has 1 spiro atoms. The number of ketones is 2. The third kappa shape index (κ3) is 2.15. The first-order valence-electron chi connectivity index (χ1n) is 5.81. The highest BCUT2D eigenvalue weighted by Gasteiger charge is 2.40. The van der Waals surface area contributed by atoms with Crippen molar-refractivity contribution in [1.29, 1.82) is 0 Å². The molecule has 0 bridgehead atoms. The molecular weight excluding hydrogens is 264 g/mol. The van der Waals surface area contributed by atoms with Gasteiger partial charge in [-0.05, 0) is 23.1 Å². The molecule has 2 aliphatic carbocycles. The minimum atomic E-state index is -0.181. The summed E-state index contributed by atoms with van der Waals surface area (Å²) in [6.07, 6.45) is 12.5. The van der Waals surface area contributed by atoms with Gasteiger partial charge in [0.2, 0.25) is 0 Å². The number of carbonyl (C=O) groups is 2. The van der Waals surface area contributed by atoms with Crippen molar-refractivity contribution in [2.24, 2.45) is 5.41 Å². The highest BCUT2D eigenvalue weighted by atomic mass is 33.1. The molecule has 3 rings (SSSR count). The third-order valence-electron chi connectivity index (χ3n) is 3.41. The van der Waals surface area contributed by atoms with Gasteiger partial charge >= 0.3 is 0 Å². The van der Waals surface area contributed by atoms with Crippen molar-refractivity contribution < 1.29 is 9.59 Å². The first-order valence-corrected chi connectivity index (χ1v) is 8.09. The molecule has 0 saturated carbocycles. The van der Waals surface area contributed by atoms with E-state index in [0.29, 0.717) is 12.8 Å². The maximum atomic E-state index is 11.5. The van der Waals surface area contributed by atoms with Crippen LogP contribution in [0, 0.1) is 5.41 Å². The number of allylic oxidation sites excluding steroid dienone is 6. The summed E-state index contributed by atoms with van der Waals surface area (Å²) in [6.45, 7) is 0. The van der Waals surface area contributed by atoms with Gasteiger partial charge in [-0.2, -0.15) is 0 Å². The van der Waals surface area contributed by atoms with Gasteiger partial charge in [-0.25, -0.2) is 0 Å². The van der Waals surface area contributed by atoms with Crippen LogP contribution in [0.25, 0.3) is 0 Å². The second-order valence-corrected chi connectivity index (χ2v) is 7.04. The second-order valence-electron chi connectivity index (χ2n) is 4.72. The quantitative estimate of drug-likeness (QED) is 0.689. The molecule has 0 N–H and O–H groups in total. The molecule has 18 heavy (non-hydrogen) atoms. The Morgan fingerprint density at radius 2 is 2.06 bits per heavy atom. The summed E-state index contributed by atoms with van der Waals surface area (Å²) >= 11 is 0. The van der Waals surface area contributed by atoms with Crippen LogP contribution in [-0.2, 0) is 9.59 Å². The largest absolute Gasteiger partial charge is 0.295 e. The van der Waals surface area contributed by atoms with Crippen LogP contribution in [0.2, 0.25) is 0 Å². The predicted molar refractivity (Wildman–Crippen MR) is 76.2 cm³/mol.